The molecule has 2 rings (SSSR count). The van der Waals surface area contributed by atoms with Gasteiger partial charge in [-0.05, 0) is 49.9 Å². The van der Waals surface area contributed by atoms with Crippen molar-refractivity contribution in [3.8, 4) is 0 Å². The van der Waals surface area contributed by atoms with Crippen molar-refractivity contribution < 1.29 is 0 Å². The van der Waals surface area contributed by atoms with E-state index in [0.717, 1.165) is 43.5 Å². The minimum Gasteiger partial charge on any atom is -0.358 e. The molecule has 1 aliphatic rings. The van der Waals surface area contributed by atoms with Crippen LogP contribution in [0.2, 0.25) is 0 Å². The quantitative estimate of drug-likeness (QED) is 0.861. The summed E-state index contributed by atoms with van der Waals surface area (Å²) in [6.45, 7) is 7.75. The molecule has 0 saturated carbocycles. The first kappa shape index (κ1) is 13.3. The molecule has 0 bridgehead atoms. The molecule has 18 heavy (non-hydrogen) atoms. The van der Waals surface area contributed by atoms with E-state index in [9.17, 15) is 0 Å². The molecule has 1 aromatic rings. The molecule has 4 nitrogen and oxygen atoms in total. The molecule has 2 heterocycles. The van der Waals surface area contributed by atoms with E-state index < -0.39 is 0 Å². The topological polar surface area (TPSA) is 41.0 Å². The molecular weight excluding hydrogens is 224 g/mol. The average Bonchev–Trinajstić information content (AvgIpc) is 2.82. The van der Waals surface area contributed by atoms with Gasteiger partial charge < -0.3 is 10.2 Å². The first-order valence-electron chi connectivity index (χ1n) is 6.89. The van der Waals surface area contributed by atoms with Crippen molar-refractivity contribution in [2.24, 2.45) is 11.8 Å². The van der Waals surface area contributed by atoms with Crippen molar-refractivity contribution in [3.63, 3.8) is 0 Å². The molecule has 0 radical (unpaired) electrons. The number of nitrogens with one attached hydrogen (secondary N) is 1. The molecular formula is C14H24N4. The zero-order valence-corrected chi connectivity index (χ0v) is 11.7. The molecule has 0 aliphatic carbocycles. The van der Waals surface area contributed by atoms with Gasteiger partial charge in [-0.15, -0.1) is 5.10 Å². The third-order valence-corrected chi connectivity index (χ3v) is 3.41. The highest BCUT2D eigenvalue weighted by atomic mass is 15.2. The minimum atomic E-state index is 0.632. The minimum absolute atomic E-state index is 0.632. The van der Waals surface area contributed by atoms with Crippen molar-refractivity contribution in [3.05, 3.63) is 17.8 Å². The van der Waals surface area contributed by atoms with E-state index >= 15 is 0 Å². The van der Waals surface area contributed by atoms with Crippen molar-refractivity contribution in [2.45, 2.75) is 26.7 Å². The summed E-state index contributed by atoms with van der Waals surface area (Å²) in [5, 5.41) is 12.0. The maximum Gasteiger partial charge on any atom is 0.150 e. The Hall–Kier alpha value is -1.16. The number of hydrogen-bond donors (Lipinski definition) is 1. The van der Waals surface area contributed by atoms with E-state index in [1.54, 1.807) is 0 Å². The molecule has 1 fully saturated rings. The van der Waals surface area contributed by atoms with Crippen LogP contribution in [0.5, 0.6) is 0 Å². The average molecular weight is 248 g/mol. The van der Waals surface area contributed by atoms with Gasteiger partial charge in [-0.2, -0.15) is 5.10 Å². The van der Waals surface area contributed by atoms with Crippen LogP contribution in [0.4, 0.5) is 5.82 Å². The molecule has 1 N–H and O–H groups in total. The predicted molar refractivity (Wildman–Crippen MR) is 74.8 cm³/mol. The third-order valence-electron chi connectivity index (χ3n) is 3.41. The van der Waals surface area contributed by atoms with Crippen molar-refractivity contribution in [2.75, 3.05) is 31.6 Å². The normalized spacial score (nSPS) is 19.4. The fraction of sp³-hybridized carbons (Fsp3) is 0.714. The third kappa shape index (κ3) is 3.67. The van der Waals surface area contributed by atoms with Gasteiger partial charge in [0.1, 0.15) is 0 Å². The molecule has 1 unspecified atom stereocenters. The fourth-order valence-electron chi connectivity index (χ4n) is 2.43. The zero-order valence-electron chi connectivity index (χ0n) is 11.7. The second-order valence-electron chi connectivity index (χ2n) is 5.72. The second kappa shape index (κ2) is 6.14. The summed E-state index contributed by atoms with van der Waals surface area (Å²) in [7, 11) is 2.10. The van der Waals surface area contributed by atoms with E-state index in [1.807, 2.05) is 0 Å². The van der Waals surface area contributed by atoms with Gasteiger partial charge in [-0.3, -0.25) is 0 Å². The lowest BCUT2D eigenvalue weighted by atomic mass is 10.1. The van der Waals surface area contributed by atoms with E-state index in [2.05, 4.69) is 53.4 Å². The highest BCUT2D eigenvalue weighted by molar-refractivity contribution is 5.36. The maximum atomic E-state index is 4.33. The standard InChI is InChI=1S/C14H24N4/c1-11(2)8-13-4-5-14(17-16-13)18(3)10-12-6-7-15-9-12/h4-5,11-12,15H,6-10H2,1-3H3. The van der Waals surface area contributed by atoms with E-state index in [0.29, 0.717) is 5.92 Å². The SMILES string of the molecule is CC(C)Cc1ccc(N(C)CC2CCNC2)nn1. The summed E-state index contributed by atoms with van der Waals surface area (Å²) >= 11 is 0. The Morgan fingerprint density at radius 2 is 2.22 bits per heavy atom. The van der Waals surface area contributed by atoms with Gasteiger partial charge in [-0.25, -0.2) is 0 Å². The van der Waals surface area contributed by atoms with Crippen LogP contribution in [0.1, 0.15) is 26.0 Å². The van der Waals surface area contributed by atoms with Crippen molar-refractivity contribution >= 4 is 5.82 Å². The number of hydrogen-bond acceptors (Lipinski definition) is 4. The first-order valence-corrected chi connectivity index (χ1v) is 6.89. The van der Waals surface area contributed by atoms with Crippen LogP contribution < -0.4 is 10.2 Å². The largest absolute Gasteiger partial charge is 0.358 e. The monoisotopic (exact) mass is 248 g/mol. The van der Waals surface area contributed by atoms with Gasteiger partial charge in [0.05, 0.1) is 5.69 Å². The van der Waals surface area contributed by atoms with Crippen LogP contribution >= 0.6 is 0 Å². The van der Waals surface area contributed by atoms with E-state index in [4.69, 9.17) is 0 Å². The Balaban J connectivity index is 1.91. The van der Waals surface area contributed by atoms with Gasteiger partial charge in [-0.1, -0.05) is 13.8 Å². The number of rotatable bonds is 5. The molecule has 1 saturated heterocycles. The molecule has 1 atom stereocenters. The summed E-state index contributed by atoms with van der Waals surface area (Å²) in [5.74, 6) is 2.36. The number of anilines is 1. The summed E-state index contributed by atoms with van der Waals surface area (Å²) in [6, 6.07) is 4.19. The lowest BCUT2D eigenvalue weighted by Crippen LogP contribution is -2.27. The molecule has 4 heteroatoms. The fourth-order valence-corrected chi connectivity index (χ4v) is 2.43. The molecule has 1 aromatic heterocycles. The van der Waals surface area contributed by atoms with Gasteiger partial charge in [0, 0.05) is 13.6 Å². The lowest BCUT2D eigenvalue weighted by molar-refractivity contribution is 0.573. The van der Waals surface area contributed by atoms with Crippen LogP contribution in [0.25, 0.3) is 0 Å². The molecule has 0 aromatic carbocycles. The van der Waals surface area contributed by atoms with Gasteiger partial charge >= 0.3 is 0 Å². The Morgan fingerprint density at radius 1 is 1.39 bits per heavy atom. The Kier molecular flexibility index (Phi) is 4.53. The second-order valence-corrected chi connectivity index (χ2v) is 5.72. The van der Waals surface area contributed by atoms with Crippen molar-refractivity contribution in [1.82, 2.24) is 15.5 Å². The molecule has 1 aliphatic heterocycles. The highest BCUT2D eigenvalue weighted by Gasteiger charge is 2.17. The van der Waals surface area contributed by atoms with Crippen LogP contribution in [-0.2, 0) is 6.42 Å². The maximum absolute atomic E-state index is 4.33. The molecule has 0 amide bonds. The summed E-state index contributed by atoms with van der Waals surface area (Å²) in [4.78, 5) is 2.21. The van der Waals surface area contributed by atoms with Crippen molar-refractivity contribution in [1.29, 1.82) is 0 Å². The van der Waals surface area contributed by atoms with Crippen LogP contribution in [0.3, 0.4) is 0 Å². The summed E-state index contributed by atoms with van der Waals surface area (Å²) in [5.41, 5.74) is 1.09. The Labute approximate surface area is 110 Å². The predicted octanol–water partition coefficient (Wildman–Crippen LogP) is 1.72. The lowest BCUT2D eigenvalue weighted by Gasteiger charge is -2.21. The van der Waals surface area contributed by atoms with E-state index in [-0.39, 0.29) is 0 Å². The highest BCUT2D eigenvalue weighted by Crippen LogP contribution is 2.14. The van der Waals surface area contributed by atoms with Crippen LogP contribution in [0.15, 0.2) is 12.1 Å². The molecule has 0 spiro atoms. The summed E-state index contributed by atoms with van der Waals surface area (Å²) in [6.07, 6.45) is 2.27. The number of nitrogens with zero attached hydrogens (tertiary/aromatic N) is 3. The van der Waals surface area contributed by atoms with Gasteiger partial charge in [0.25, 0.3) is 0 Å². The number of aromatic nitrogens is 2. The van der Waals surface area contributed by atoms with Crippen LogP contribution in [0, 0.1) is 11.8 Å². The van der Waals surface area contributed by atoms with Crippen LogP contribution in [-0.4, -0.2) is 36.9 Å². The van der Waals surface area contributed by atoms with Gasteiger partial charge in [0.2, 0.25) is 0 Å². The van der Waals surface area contributed by atoms with Gasteiger partial charge in [0.15, 0.2) is 5.82 Å². The van der Waals surface area contributed by atoms with E-state index in [1.165, 1.54) is 6.42 Å². The Bertz CT molecular complexity index is 355. The molecule has 100 valence electrons. The smallest absolute Gasteiger partial charge is 0.150 e. The summed E-state index contributed by atoms with van der Waals surface area (Å²) < 4.78 is 0. The first-order chi connectivity index (χ1) is 8.65. The zero-order chi connectivity index (χ0) is 13.0. The Morgan fingerprint density at radius 3 is 2.78 bits per heavy atom.